The van der Waals surface area contributed by atoms with Crippen molar-refractivity contribution in [2.45, 2.75) is 39.7 Å². The molecule has 0 spiro atoms. The smallest absolute Gasteiger partial charge is 0.123 e. The number of nitrogens with two attached hydrogens (primary N) is 1. The van der Waals surface area contributed by atoms with E-state index in [4.69, 9.17) is 5.84 Å². The zero-order valence-electron chi connectivity index (χ0n) is 12.9. The number of rotatable bonds is 5. The second-order valence-corrected chi connectivity index (χ2v) is 5.76. The maximum Gasteiger partial charge on any atom is 0.123 e. The molecule has 2 rings (SSSR count). The van der Waals surface area contributed by atoms with Crippen molar-refractivity contribution in [1.29, 1.82) is 0 Å². The van der Waals surface area contributed by atoms with Crippen molar-refractivity contribution < 1.29 is 4.39 Å². The van der Waals surface area contributed by atoms with Gasteiger partial charge in [-0.3, -0.25) is 11.3 Å². The van der Waals surface area contributed by atoms with E-state index >= 15 is 0 Å². The minimum atomic E-state index is -0.192. The van der Waals surface area contributed by atoms with Crippen LogP contribution >= 0.6 is 0 Å². The van der Waals surface area contributed by atoms with Crippen molar-refractivity contribution in [3.8, 4) is 0 Å². The molecule has 1 unspecified atom stereocenters. The number of hydrogen-bond donors (Lipinski definition) is 2. The Bertz CT molecular complexity index is 623. The highest BCUT2D eigenvalue weighted by molar-refractivity contribution is 5.31. The van der Waals surface area contributed by atoms with Crippen LogP contribution in [0.5, 0.6) is 0 Å². The molecule has 0 amide bonds. The predicted molar refractivity (Wildman–Crippen MR) is 85.6 cm³/mol. The molecule has 0 saturated heterocycles. The van der Waals surface area contributed by atoms with E-state index in [9.17, 15) is 4.39 Å². The largest absolute Gasteiger partial charge is 0.271 e. The number of halogens is 1. The Balaban J connectivity index is 2.10. The van der Waals surface area contributed by atoms with Crippen LogP contribution in [0.2, 0.25) is 0 Å². The van der Waals surface area contributed by atoms with Gasteiger partial charge in [0.15, 0.2) is 0 Å². The molecule has 0 aliphatic carbocycles. The quantitative estimate of drug-likeness (QED) is 0.653. The fraction of sp³-hybridized carbons (Fsp3) is 0.333. The first-order chi connectivity index (χ1) is 9.99. The van der Waals surface area contributed by atoms with Gasteiger partial charge in [0.2, 0.25) is 0 Å². The lowest BCUT2D eigenvalue weighted by Gasteiger charge is -2.18. The fourth-order valence-electron chi connectivity index (χ4n) is 2.56. The lowest BCUT2D eigenvalue weighted by molar-refractivity contribution is 0.520. The third-order valence-corrected chi connectivity index (χ3v) is 4.06. The van der Waals surface area contributed by atoms with Gasteiger partial charge in [0.1, 0.15) is 5.82 Å². The van der Waals surface area contributed by atoms with Crippen LogP contribution in [-0.2, 0) is 12.8 Å². The maximum absolute atomic E-state index is 13.2. The van der Waals surface area contributed by atoms with Gasteiger partial charge in [-0.2, -0.15) is 0 Å². The van der Waals surface area contributed by atoms with Gasteiger partial charge in [0.05, 0.1) is 0 Å². The Morgan fingerprint density at radius 2 is 1.71 bits per heavy atom. The molecule has 3 heteroatoms. The molecular formula is C18H23FN2. The Kier molecular flexibility index (Phi) is 5.10. The van der Waals surface area contributed by atoms with Gasteiger partial charge in [0, 0.05) is 6.04 Å². The number of nitrogens with one attached hydrogen (secondary N) is 1. The SMILES string of the molecule is Cc1ccc(CC(Cc2ccc(F)cc2C)NN)cc1C. The molecule has 0 saturated carbocycles. The average Bonchev–Trinajstić information content (AvgIpc) is 2.44. The van der Waals surface area contributed by atoms with Crippen LogP contribution in [0.3, 0.4) is 0 Å². The number of benzene rings is 2. The first-order valence-electron chi connectivity index (χ1n) is 7.27. The molecule has 2 nitrogen and oxygen atoms in total. The first-order valence-corrected chi connectivity index (χ1v) is 7.27. The lowest BCUT2D eigenvalue weighted by atomic mass is 9.95. The Hall–Kier alpha value is -1.71. The van der Waals surface area contributed by atoms with Gasteiger partial charge in [0.25, 0.3) is 0 Å². The van der Waals surface area contributed by atoms with Crippen LogP contribution in [0.4, 0.5) is 4.39 Å². The van der Waals surface area contributed by atoms with Crippen molar-refractivity contribution >= 4 is 0 Å². The highest BCUT2D eigenvalue weighted by Gasteiger charge is 2.11. The Morgan fingerprint density at radius 3 is 2.33 bits per heavy atom. The molecule has 1 atom stereocenters. The topological polar surface area (TPSA) is 38.0 Å². The molecule has 0 aromatic heterocycles. The molecule has 0 bridgehead atoms. The van der Waals surface area contributed by atoms with E-state index in [1.807, 2.05) is 13.0 Å². The van der Waals surface area contributed by atoms with Crippen molar-refractivity contribution in [1.82, 2.24) is 5.43 Å². The molecule has 2 aromatic rings. The minimum absolute atomic E-state index is 0.135. The number of aryl methyl sites for hydroxylation is 3. The normalized spacial score (nSPS) is 12.4. The van der Waals surface area contributed by atoms with Crippen molar-refractivity contribution in [2.24, 2.45) is 5.84 Å². The molecule has 2 aromatic carbocycles. The molecule has 21 heavy (non-hydrogen) atoms. The molecule has 0 aliphatic heterocycles. The third-order valence-electron chi connectivity index (χ3n) is 4.06. The average molecular weight is 286 g/mol. The summed E-state index contributed by atoms with van der Waals surface area (Å²) in [4.78, 5) is 0. The van der Waals surface area contributed by atoms with E-state index in [0.717, 1.165) is 24.0 Å². The van der Waals surface area contributed by atoms with Gasteiger partial charge >= 0.3 is 0 Å². The summed E-state index contributed by atoms with van der Waals surface area (Å²) in [5.41, 5.74) is 8.83. The van der Waals surface area contributed by atoms with Gasteiger partial charge in [-0.05, 0) is 73.6 Å². The monoisotopic (exact) mass is 286 g/mol. The standard InChI is InChI=1S/C18H23FN2/c1-12-4-5-15(8-13(12)2)10-18(21-20)11-16-6-7-17(19)9-14(16)3/h4-9,18,21H,10-11,20H2,1-3H3. The van der Waals surface area contributed by atoms with E-state index in [2.05, 4.69) is 37.5 Å². The van der Waals surface area contributed by atoms with Crippen LogP contribution in [0, 0.1) is 26.6 Å². The van der Waals surface area contributed by atoms with E-state index in [-0.39, 0.29) is 11.9 Å². The van der Waals surface area contributed by atoms with Gasteiger partial charge in [-0.25, -0.2) is 4.39 Å². The van der Waals surface area contributed by atoms with E-state index in [1.165, 1.54) is 22.8 Å². The summed E-state index contributed by atoms with van der Waals surface area (Å²) in [6.45, 7) is 6.16. The zero-order chi connectivity index (χ0) is 15.4. The molecule has 0 heterocycles. The van der Waals surface area contributed by atoms with Gasteiger partial charge < -0.3 is 0 Å². The van der Waals surface area contributed by atoms with Crippen LogP contribution in [-0.4, -0.2) is 6.04 Å². The summed E-state index contributed by atoms with van der Waals surface area (Å²) >= 11 is 0. The molecule has 112 valence electrons. The van der Waals surface area contributed by atoms with E-state index < -0.39 is 0 Å². The maximum atomic E-state index is 13.2. The summed E-state index contributed by atoms with van der Waals surface area (Å²) in [7, 11) is 0. The van der Waals surface area contributed by atoms with Crippen LogP contribution < -0.4 is 11.3 Å². The molecular weight excluding hydrogens is 263 g/mol. The summed E-state index contributed by atoms with van der Waals surface area (Å²) in [5.74, 6) is 5.50. The highest BCUT2D eigenvalue weighted by atomic mass is 19.1. The minimum Gasteiger partial charge on any atom is -0.271 e. The van der Waals surface area contributed by atoms with E-state index in [1.54, 1.807) is 6.07 Å². The Morgan fingerprint density at radius 1 is 0.952 bits per heavy atom. The summed E-state index contributed by atoms with van der Waals surface area (Å²) < 4.78 is 13.2. The first kappa shape index (κ1) is 15.7. The highest BCUT2D eigenvalue weighted by Crippen LogP contribution is 2.16. The zero-order valence-corrected chi connectivity index (χ0v) is 12.9. The summed E-state index contributed by atoms with van der Waals surface area (Å²) in [6, 6.07) is 11.5. The molecule has 0 fully saturated rings. The number of hydrazine groups is 1. The van der Waals surface area contributed by atoms with Gasteiger partial charge in [-0.1, -0.05) is 24.3 Å². The van der Waals surface area contributed by atoms with Crippen LogP contribution in [0.25, 0.3) is 0 Å². The molecule has 0 radical (unpaired) electrons. The van der Waals surface area contributed by atoms with Crippen LogP contribution in [0.1, 0.15) is 27.8 Å². The van der Waals surface area contributed by atoms with Crippen molar-refractivity contribution in [3.63, 3.8) is 0 Å². The van der Waals surface area contributed by atoms with Crippen molar-refractivity contribution in [2.75, 3.05) is 0 Å². The molecule has 0 aliphatic rings. The Labute approximate surface area is 126 Å². The second kappa shape index (κ2) is 6.83. The second-order valence-electron chi connectivity index (χ2n) is 5.76. The fourth-order valence-corrected chi connectivity index (χ4v) is 2.56. The molecule has 3 N–H and O–H groups in total. The lowest BCUT2D eigenvalue weighted by Crippen LogP contribution is -2.38. The summed E-state index contributed by atoms with van der Waals surface area (Å²) in [5, 5.41) is 0. The number of hydrogen-bond acceptors (Lipinski definition) is 2. The van der Waals surface area contributed by atoms with Crippen molar-refractivity contribution in [3.05, 3.63) is 70.0 Å². The van der Waals surface area contributed by atoms with Crippen LogP contribution in [0.15, 0.2) is 36.4 Å². The third kappa shape index (κ3) is 4.13. The summed E-state index contributed by atoms with van der Waals surface area (Å²) in [6.07, 6.45) is 1.64. The van der Waals surface area contributed by atoms with E-state index in [0.29, 0.717) is 0 Å². The van der Waals surface area contributed by atoms with Gasteiger partial charge in [-0.15, -0.1) is 0 Å². The predicted octanol–water partition coefficient (Wildman–Crippen LogP) is 3.37.